The molecule has 32 heavy (non-hydrogen) atoms. The van der Waals surface area contributed by atoms with Crippen molar-refractivity contribution in [1.82, 2.24) is 10.2 Å². The quantitative estimate of drug-likeness (QED) is 0.609. The summed E-state index contributed by atoms with van der Waals surface area (Å²) in [5.74, 6) is -0.0207. The van der Waals surface area contributed by atoms with Crippen LogP contribution in [0.1, 0.15) is 37.1 Å². The highest BCUT2D eigenvalue weighted by atomic mass is 16.2. The molecule has 0 saturated heterocycles. The second-order valence-corrected chi connectivity index (χ2v) is 8.24. The van der Waals surface area contributed by atoms with Crippen LogP contribution in [0.3, 0.4) is 0 Å². The number of nitrogens with one attached hydrogen (secondary N) is 3. The molecular weight excluding hydrogens is 400 g/mol. The molecule has 3 rings (SSSR count). The number of amides is 1. The van der Waals surface area contributed by atoms with E-state index in [0.29, 0.717) is 12.0 Å². The van der Waals surface area contributed by atoms with Crippen LogP contribution < -0.4 is 16.0 Å². The van der Waals surface area contributed by atoms with Gasteiger partial charge in [0.15, 0.2) is 0 Å². The zero-order valence-corrected chi connectivity index (χ0v) is 19.1. The Morgan fingerprint density at radius 1 is 1.22 bits per heavy atom. The molecule has 7 nitrogen and oxygen atoms in total. The normalized spacial score (nSPS) is 17.8. The third-order valence-corrected chi connectivity index (χ3v) is 5.39. The molecule has 1 aliphatic heterocycles. The number of anilines is 2. The van der Waals surface area contributed by atoms with Crippen molar-refractivity contribution < 1.29 is 6.22 Å². The highest BCUT2D eigenvalue weighted by molar-refractivity contribution is 5.94. The molecule has 3 N–H and O–H groups in total. The lowest BCUT2D eigenvalue weighted by atomic mass is 10.0. The first kappa shape index (κ1) is 22.9. The number of aliphatic imine (C=N–C) groups is 1. The summed E-state index contributed by atoms with van der Waals surface area (Å²) in [5.41, 5.74) is 4.96. The minimum atomic E-state index is -0.499. The SMILES string of the molecule is CNC1=C(Nc2cccc(CC#N)c2)CCC(C)(Nc2ccc(C(=O)N(C)C)cc2)N=C1.[HH]. The first-order valence-corrected chi connectivity index (χ1v) is 10.6. The molecule has 2 aromatic rings. The Balaban J connectivity index is 0.00000385. The predicted octanol–water partition coefficient (Wildman–Crippen LogP) is 4.24. The Hall–Kier alpha value is -3.79. The highest BCUT2D eigenvalue weighted by Crippen LogP contribution is 2.28. The Labute approximate surface area is 191 Å². The van der Waals surface area contributed by atoms with E-state index in [9.17, 15) is 4.79 Å². The fourth-order valence-corrected chi connectivity index (χ4v) is 3.58. The number of hydrogen-bond donors (Lipinski definition) is 3. The van der Waals surface area contributed by atoms with Gasteiger partial charge in [0.2, 0.25) is 0 Å². The number of nitrogens with zero attached hydrogens (tertiary/aromatic N) is 3. The molecule has 0 radical (unpaired) electrons. The van der Waals surface area contributed by atoms with E-state index in [-0.39, 0.29) is 7.33 Å². The molecule has 1 atom stereocenters. The molecule has 0 saturated carbocycles. The van der Waals surface area contributed by atoms with Gasteiger partial charge in [0.05, 0.1) is 18.2 Å². The van der Waals surface area contributed by atoms with Gasteiger partial charge < -0.3 is 20.9 Å². The summed E-state index contributed by atoms with van der Waals surface area (Å²) in [6, 6.07) is 17.6. The third-order valence-electron chi connectivity index (χ3n) is 5.39. The summed E-state index contributed by atoms with van der Waals surface area (Å²) in [5, 5.41) is 19.2. The number of carbonyl (C=O) groups is 1. The van der Waals surface area contributed by atoms with Crippen LogP contribution in [0.15, 0.2) is 64.9 Å². The van der Waals surface area contributed by atoms with Gasteiger partial charge >= 0.3 is 0 Å². The fraction of sp³-hybridized carbons (Fsp3) is 0.320. The molecule has 0 spiro atoms. The van der Waals surface area contributed by atoms with E-state index < -0.39 is 5.66 Å². The van der Waals surface area contributed by atoms with E-state index in [1.807, 2.05) is 61.8 Å². The average Bonchev–Trinajstić information content (AvgIpc) is 2.93. The maximum Gasteiger partial charge on any atom is 0.253 e. The number of benzene rings is 2. The third kappa shape index (κ3) is 5.67. The van der Waals surface area contributed by atoms with Gasteiger partial charge in [-0.2, -0.15) is 5.26 Å². The molecule has 2 aromatic carbocycles. The summed E-state index contributed by atoms with van der Waals surface area (Å²) >= 11 is 0. The van der Waals surface area contributed by atoms with Crippen LogP contribution in [0, 0.1) is 11.3 Å². The van der Waals surface area contributed by atoms with E-state index >= 15 is 0 Å². The molecular formula is C25H32N6O. The Bertz CT molecular complexity index is 1070. The summed E-state index contributed by atoms with van der Waals surface area (Å²) in [7, 11) is 5.37. The summed E-state index contributed by atoms with van der Waals surface area (Å²) < 4.78 is 0. The Kier molecular flexibility index (Phi) is 7.16. The van der Waals surface area contributed by atoms with E-state index in [1.54, 1.807) is 19.0 Å². The fourth-order valence-electron chi connectivity index (χ4n) is 3.58. The van der Waals surface area contributed by atoms with E-state index in [2.05, 4.69) is 28.9 Å². The van der Waals surface area contributed by atoms with Crippen LogP contribution in [-0.2, 0) is 6.42 Å². The van der Waals surface area contributed by atoms with Crippen molar-refractivity contribution in [1.29, 1.82) is 5.26 Å². The molecule has 168 valence electrons. The van der Waals surface area contributed by atoms with Gasteiger partial charge in [-0.25, -0.2) is 0 Å². The van der Waals surface area contributed by atoms with E-state index in [0.717, 1.165) is 41.2 Å². The average molecular weight is 433 g/mol. The topological polar surface area (TPSA) is 92.5 Å². The van der Waals surface area contributed by atoms with Gasteiger partial charge in [-0.1, -0.05) is 12.1 Å². The number of allylic oxidation sites excluding steroid dienone is 2. The second-order valence-electron chi connectivity index (χ2n) is 8.24. The first-order chi connectivity index (χ1) is 15.3. The van der Waals surface area contributed by atoms with Crippen LogP contribution in [0.25, 0.3) is 0 Å². The number of carbonyl (C=O) groups excluding carboxylic acids is 1. The molecule has 0 fully saturated rings. The van der Waals surface area contributed by atoms with Crippen molar-refractivity contribution in [2.75, 3.05) is 31.8 Å². The maximum absolute atomic E-state index is 12.1. The number of hydrogen-bond acceptors (Lipinski definition) is 6. The van der Waals surface area contributed by atoms with Crippen molar-refractivity contribution in [2.45, 2.75) is 31.8 Å². The van der Waals surface area contributed by atoms with Gasteiger partial charge in [0, 0.05) is 51.4 Å². The molecule has 7 heteroatoms. The maximum atomic E-state index is 12.1. The molecule has 1 unspecified atom stereocenters. The lowest BCUT2D eigenvalue weighted by molar-refractivity contribution is 0.0827. The van der Waals surface area contributed by atoms with Crippen LogP contribution in [0.2, 0.25) is 0 Å². The molecule has 1 amide bonds. The number of nitriles is 1. The van der Waals surface area contributed by atoms with Crippen LogP contribution >= 0.6 is 0 Å². The van der Waals surface area contributed by atoms with Crippen LogP contribution in [0.4, 0.5) is 11.4 Å². The zero-order valence-electron chi connectivity index (χ0n) is 19.1. The summed E-state index contributed by atoms with van der Waals surface area (Å²) in [6.45, 7) is 2.06. The molecule has 0 aliphatic carbocycles. The van der Waals surface area contributed by atoms with Gasteiger partial charge in [0.1, 0.15) is 5.66 Å². The monoisotopic (exact) mass is 432 g/mol. The van der Waals surface area contributed by atoms with Gasteiger partial charge in [-0.05, 0) is 61.7 Å². The largest absolute Gasteiger partial charge is 0.385 e. The van der Waals surface area contributed by atoms with Crippen molar-refractivity contribution in [3.63, 3.8) is 0 Å². The molecule has 1 heterocycles. The van der Waals surface area contributed by atoms with Crippen molar-refractivity contribution in [2.24, 2.45) is 4.99 Å². The zero-order chi connectivity index (χ0) is 23.1. The smallest absolute Gasteiger partial charge is 0.253 e. The van der Waals surface area contributed by atoms with Gasteiger partial charge in [0.25, 0.3) is 5.91 Å². The minimum absolute atomic E-state index is 0. The molecule has 0 aromatic heterocycles. The van der Waals surface area contributed by atoms with Crippen molar-refractivity contribution in [3.8, 4) is 6.07 Å². The summed E-state index contributed by atoms with van der Waals surface area (Å²) in [4.78, 5) is 18.5. The molecule has 0 bridgehead atoms. The predicted molar refractivity (Wildman–Crippen MR) is 132 cm³/mol. The van der Waals surface area contributed by atoms with Crippen LogP contribution in [-0.4, -0.2) is 43.8 Å². The molecule has 1 aliphatic rings. The van der Waals surface area contributed by atoms with Crippen molar-refractivity contribution >= 4 is 23.5 Å². The first-order valence-electron chi connectivity index (χ1n) is 10.6. The standard InChI is InChI=1S/C25H30N6O.H2/c1-25(30-20-10-8-19(9-11-20)24(32)31(3)4)14-12-22(23(27-2)17-28-25)29-21-7-5-6-18(16-21)13-15-26;/h5-11,16-17,27,29-30H,12-14H2,1-4H3;1H. The van der Waals surface area contributed by atoms with Crippen LogP contribution in [0.5, 0.6) is 0 Å². The van der Waals surface area contributed by atoms with E-state index in [1.165, 1.54) is 0 Å². The Morgan fingerprint density at radius 3 is 2.62 bits per heavy atom. The number of rotatable bonds is 7. The van der Waals surface area contributed by atoms with E-state index in [4.69, 9.17) is 10.3 Å². The lowest BCUT2D eigenvalue weighted by Gasteiger charge is -2.27. The Morgan fingerprint density at radius 2 is 1.97 bits per heavy atom. The summed E-state index contributed by atoms with van der Waals surface area (Å²) in [6.07, 6.45) is 3.79. The highest BCUT2D eigenvalue weighted by Gasteiger charge is 2.26. The van der Waals surface area contributed by atoms with Gasteiger partial charge in [-0.3, -0.25) is 9.79 Å². The lowest BCUT2D eigenvalue weighted by Crippen LogP contribution is -2.32. The van der Waals surface area contributed by atoms with Gasteiger partial charge in [-0.15, -0.1) is 0 Å². The second kappa shape index (κ2) is 10.0. The van der Waals surface area contributed by atoms with Crippen molar-refractivity contribution in [3.05, 3.63) is 71.1 Å². The minimum Gasteiger partial charge on any atom is -0.385 e.